The van der Waals surface area contributed by atoms with Crippen LogP contribution in [0.25, 0.3) is 0 Å². The average molecular weight is 253 g/mol. The number of nitrogens with one attached hydrogen (secondary N) is 2. The van der Waals surface area contributed by atoms with Crippen LogP contribution in [0.5, 0.6) is 0 Å². The topological polar surface area (TPSA) is 89.4 Å². The number of hydrogen-bond donors (Lipinski definition) is 2. The van der Waals surface area contributed by atoms with Crippen LogP contribution < -0.4 is 10.6 Å². The van der Waals surface area contributed by atoms with E-state index in [1.54, 1.807) is 29.9 Å². The molecule has 2 N–H and O–H groups in total. The number of amides is 3. The minimum Gasteiger partial charge on any atom is -0.448 e. The SMILES string of the molecule is CNC(=O)NC(=O)C(C)OC(=O)c1cccn1C. The van der Waals surface area contributed by atoms with Gasteiger partial charge in [-0.2, -0.15) is 0 Å². The van der Waals surface area contributed by atoms with E-state index in [-0.39, 0.29) is 0 Å². The van der Waals surface area contributed by atoms with Gasteiger partial charge in [0.05, 0.1) is 0 Å². The van der Waals surface area contributed by atoms with Gasteiger partial charge >= 0.3 is 12.0 Å². The van der Waals surface area contributed by atoms with Crippen LogP contribution in [0.3, 0.4) is 0 Å². The molecule has 18 heavy (non-hydrogen) atoms. The number of nitrogens with zero attached hydrogens (tertiary/aromatic N) is 1. The maximum atomic E-state index is 11.7. The van der Waals surface area contributed by atoms with Crippen molar-refractivity contribution in [3.8, 4) is 0 Å². The molecule has 0 radical (unpaired) electrons. The lowest BCUT2D eigenvalue weighted by atomic mass is 10.3. The van der Waals surface area contributed by atoms with Crippen LogP contribution in [0.1, 0.15) is 17.4 Å². The molecule has 0 spiro atoms. The minimum atomic E-state index is -1.05. The van der Waals surface area contributed by atoms with Crippen molar-refractivity contribution in [1.82, 2.24) is 15.2 Å². The van der Waals surface area contributed by atoms with Gasteiger partial charge in [0.1, 0.15) is 5.69 Å². The van der Waals surface area contributed by atoms with E-state index in [2.05, 4.69) is 5.32 Å². The minimum absolute atomic E-state index is 0.328. The highest BCUT2D eigenvalue weighted by atomic mass is 16.5. The summed E-state index contributed by atoms with van der Waals surface area (Å²) in [6.07, 6.45) is 0.635. The number of rotatable bonds is 3. The molecule has 0 aliphatic rings. The molecule has 1 heterocycles. The maximum absolute atomic E-state index is 11.7. The van der Waals surface area contributed by atoms with Gasteiger partial charge < -0.3 is 14.6 Å². The predicted octanol–water partition coefficient (Wildman–Crippen LogP) is 0.0260. The predicted molar refractivity (Wildman–Crippen MR) is 62.9 cm³/mol. The highest BCUT2D eigenvalue weighted by Crippen LogP contribution is 2.04. The summed E-state index contributed by atoms with van der Waals surface area (Å²) >= 11 is 0. The number of hydrogen-bond acceptors (Lipinski definition) is 4. The summed E-state index contributed by atoms with van der Waals surface area (Å²) < 4.78 is 6.51. The van der Waals surface area contributed by atoms with E-state index in [0.717, 1.165) is 0 Å². The van der Waals surface area contributed by atoms with E-state index in [4.69, 9.17) is 4.74 Å². The number of ether oxygens (including phenoxy) is 1. The fraction of sp³-hybridized carbons (Fsp3) is 0.364. The largest absolute Gasteiger partial charge is 0.448 e. The molecule has 0 saturated heterocycles. The Hall–Kier alpha value is -2.31. The first kappa shape index (κ1) is 13.8. The molecule has 0 aliphatic heterocycles. The van der Waals surface area contributed by atoms with Gasteiger partial charge in [0.25, 0.3) is 5.91 Å². The van der Waals surface area contributed by atoms with Crippen molar-refractivity contribution in [1.29, 1.82) is 0 Å². The fourth-order valence-corrected chi connectivity index (χ4v) is 1.22. The summed E-state index contributed by atoms with van der Waals surface area (Å²) in [5.74, 6) is -1.31. The number of aromatic nitrogens is 1. The number of aryl methyl sites for hydroxylation is 1. The molecule has 0 aliphatic carbocycles. The molecular weight excluding hydrogens is 238 g/mol. The molecule has 0 saturated carbocycles. The summed E-state index contributed by atoms with van der Waals surface area (Å²) in [6.45, 7) is 1.39. The molecule has 1 aromatic rings. The highest BCUT2D eigenvalue weighted by Gasteiger charge is 2.21. The normalized spacial score (nSPS) is 11.5. The molecular formula is C11H15N3O4. The van der Waals surface area contributed by atoms with E-state index in [9.17, 15) is 14.4 Å². The number of urea groups is 1. The fourth-order valence-electron chi connectivity index (χ4n) is 1.22. The zero-order valence-electron chi connectivity index (χ0n) is 10.4. The molecule has 3 amide bonds. The first-order chi connectivity index (χ1) is 8.45. The Balaban J connectivity index is 2.57. The molecule has 1 atom stereocenters. The maximum Gasteiger partial charge on any atom is 0.355 e. The molecule has 98 valence electrons. The zero-order valence-corrected chi connectivity index (χ0v) is 10.4. The summed E-state index contributed by atoms with van der Waals surface area (Å²) in [5, 5.41) is 4.25. The van der Waals surface area contributed by atoms with Crippen molar-refractivity contribution >= 4 is 17.9 Å². The van der Waals surface area contributed by atoms with E-state index in [0.29, 0.717) is 5.69 Å². The van der Waals surface area contributed by atoms with Gasteiger partial charge in [-0.05, 0) is 19.1 Å². The molecule has 1 aromatic heterocycles. The number of imide groups is 1. The molecule has 0 bridgehead atoms. The van der Waals surface area contributed by atoms with Crippen molar-refractivity contribution < 1.29 is 19.1 Å². The van der Waals surface area contributed by atoms with Gasteiger partial charge in [0.2, 0.25) is 0 Å². The Morgan fingerprint density at radius 2 is 2.06 bits per heavy atom. The standard InChI is InChI=1S/C11H15N3O4/c1-7(9(15)13-11(17)12-2)18-10(16)8-5-4-6-14(8)3/h4-7H,1-3H3,(H2,12,13,15,17). The van der Waals surface area contributed by atoms with Crippen molar-refractivity contribution in [2.45, 2.75) is 13.0 Å². The van der Waals surface area contributed by atoms with Crippen molar-refractivity contribution in [2.75, 3.05) is 7.05 Å². The zero-order chi connectivity index (χ0) is 13.7. The smallest absolute Gasteiger partial charge is 0.355 e. The second-order valence-corrected chi connectivity index (χ2v) is 3.62. The van der Waals surface area contributed by atoms with Crippen LogP contribution in [0.4, 0.5) is 4.79 Å². The second kappa shape index (κ2) is 5.85. The Kier molecular flexibility index (Phi) is 4.47. The van der Waals surface area contributed by atoms with E-state index < -0.39 is 24.0 Å². The van der Waals surface area contributed by atoms with Gasteiger partial charge in [-0.25, -0.2) is 9.59 Å². The molecule has 7 heteroatoms. The van der Waals surface area contributed by atoms with E-state index in [1.807, 2.05) is 5.32 Å². The van der Waals surface area contributed by atoms with Crippen molar-refractivity contribution in [3.05, 3.63) is 24.0 Å². The van der Waals surface area contributed by atoms with Gasteiger partial charge in [-0.1, -0.05) is 0 Å². The van der Waals surface area contributed by atoms with Crippen LogP contribution in [0.15, 0.2) is 18.3 Å². The number of carbonyl (C=O) groups is 3. The van der Waals surface area contributed by atoms with Gasteiger partial charge in [-0.15, -0.1) is 0 Å². The number of esters is 1. The van der Waals surface area contributed by atoms with E-state index >= 15 is 0 Å². The van der Waals surface area contributed by atoms with E-state index in [1.165, 1.54) is 14.0 Å². The summed E-state index contributed by atoms with van der Waals surface area (Å²) in [4.78, 5) is 34.0. The second-order valence-electron chi connectivity index (χ2n) is 3.62. The lowest BCUT2D eigenvalue weighted by Crippen LogP contribution is -2.43. The van der Waals surface area contributed by atoms with Gasteiger partial charge in [-0.3, -0.25) is 10.1 Å². The Morgan fingerprint density at radius 1 is 1.39 bits per heavy atom. The molecule has 1 rings (SSSR count). The Bertz CT molecular complexity index is 467. The quantitative estimate of drug-likeness (QED) is 0.743. The van der Waals surface area contributed by atoms with Crippen LogP contribution in [-0.4, -0.2) is 35.6 Å². The van der Waals surface area contributed by atoms with Crippen molar-refractivity contribution in [3.63, 3.8) is 0 Å². The average Bonchev–Trinajstić information content (AvgIpc) is 2.75. The Morgan fingerprint density at radius 3 is 2.56 bits per heavy atom. The third-order valence-corrected chi connectivity index (χ3v) is 2.27. The molecule has 7 nitrogen and oxygen atoms in total. The lowest BCUT2D eigenvalue weighted by molar-refractivity contribution is -0.127. The molecule has 0 fully saturated rings. The van der Waals surface area contributed by atoms with Crippen LogP contribution in [-0.2, 0) is 16.6 Å². The summed E-state index contributed by atoms with van der Waals surface area (Å²) in [5.41, 5.74) is 0.328. The third-order valence-electron chi connectivity index (χ3n) is 2.27. The third kappa shape index (κ3) is 3.34. The van der Waals surface area contributed by atoms with Gasteiger partial charge in [0.15, 0.2) is 6.10 Å². The molecule has 0 aromatic carbocycles. The first-order valence-corrected chi connectivity index (χ1v) is 5.30. The summed E-state index contributed by atoms with van der Waals surface area (Å²) in [7, 11) is 3.06. The molecule has 1 unspecified atom stereocenters. The Labute approximate surface area is 104 Å². The van der Waals surface area contributed by atoms with Crippen LogP contribution >= 0.6 is 0 Å². The monoisotopic (exact) mass is 253 g/mol. The van der Waals surface area contributed by atoms with Crippen LogP contribution in [0.2, 0.25) is 0 Å². The highest BCUT2D eigenvalue weighted by molar-refractivity contribution is 5.98. The van der Waals surface area contributed by atoms with Gasteiger partial charge in [0, 0.05) is 20.3 Å². The lowest BCUT2D eigenvalue weighted by Gasteiger charge is -2.12. The first-order valence-electron chi connectivity index (χ1n) is 5.30. The number of carbonyl (C=O) groups excluding carboxylic acids is 3. The van der Waals surface area contributed by atoms with Crippen molar-refractivity contribution in [2.24, 2.45) is 7.05 Å². The summed E-state index contributed by atoms with van der Waals surface area (Å²) in [6, 6.07) is 2.61. The van der Waals surface area contributed by atoms with Crippen LogP contribution in [0, 0.1) is 0 Å².